The highest BCUT2D eigenvalue weighted by Gasteiger charge is 2.29. The van der Waals surface area contributed by atoms with Crippen molar-refractivity contribution in [3.63, 3.8) is 0 Å². The summed E-state index contributed by atoms with van der Waals surface area (Å²) in [7, 11) is 1.53. The molecule has 0 aliphatic carbocycles. The van der Waals surface area contributed by atoms with Crippen molar-refractivity contribution in [2.24, 2.45) is 0 Å². The summed E-state index contributed by atoms with van der Waals surface area (Å²) in [6, 6.07) is 4.83. The predicted octanol–water partition coefficient (Wildman–Crippen LogP) is 2.65. The Hall–Kier alpha value is -1.07. The molecule has 0 aliphatic rings. The minimum atomic E-state index is -4.31. The Labute approximate surface area is 98.0 Å². The van der Waals surface area contributed by atoms with E-state index in [1.807, 2.05) is 0 Å². The van der Waals surface area contributed by atoms with Crippen molar-refractivity contribution >= 4 is 0 Å². The first kappa shape index (κ1) is 14.0. The van der Waals surface area contributed by atoms with E-state index in [1.165, 1.54) is 19.2 Å². The summed E-state index contributed by atoms with van der Waals surface area (Å²) in [4.78, 5) is 0. The lowest BCUT2D eigenvalue weighted by Gasteiger charge is -2.11. The molecule has 1 unspecified atom stereocenters. The van der Waals surface area contributed by atoms with Gasteiger partial charge in [0.1, 0.15) is 0 Å². The molecule has 0 aromatic heterocycles. The summed E-state index contributed by atoms with van der Waals surface area (Å²) >= 11 is 0. The molecule has 1 aromatic carbocycles. The number of rotatable bonds is 5. The molecule has 0 heterocycles. The van der Waals surface area contributed by atoms with Gasteiger partial charge in [0.2, 0.25) is 0 Å². The molecule has 0 saturated heterocycles. The van der Waals surface area contributed by atoms with Gasteiger partial charge in [-0.25, -0.2) is 0 Å². The van der Waals surface area contributed by atoms with Crippen LogP contribution in [0, 0.1) is 0 Å². The molecule has 0 radical (unpaired) electrons. The molecule has 1 aromatic rings. The second-order valence-electron chi connectivity index (χ2n) is 3.83. The van der Waals surface area contributed by atoms with Gasteiger partial charge < -0.3 is 9.84 Å². The summed E-state index contributed by atoms with van der Waals surface area (Å²) in [6.07, 6.45) is -4.10. The maximum atomic E-state index is 12.3. The van der Waals surface area contributed by atoms with Crippen LogP contribution < -0.4 is 0 Å². The van der Waals surface area contributed by atoms with E-state index in [4.69, 9.17) is 4.74 Å². The number of alkyl halides is 3. The first-order valence-electron chi connectivity index (χ1n) is 5.26. The van der Waals surface area contributed by atoms with Gasteiger partial charge in [0, 0.05) is 13.7 Å². The van der Waals surface area contributed by atoms with Gasteiger partial charge in [-0.15, -0.1) is 0 Å². The third-order valence-electron chi connectivity index (χ3n) is 2.41. The molecule has 0 bridgehead atoms. The number of hydrogen-bond acceptors (Lipinski definition) is 2. The first-order valence-corrected chi connectivity index (χ1v) is 5.26. The van der Waals surface area contributed by atoms with Crippen LogP contribution in [0.4, 0.5) is 13.2 Å². The van der Waals surface area contributed by atoms with Gasteiger partial charge >= 0.3 is 6.18 Å². The predicted molar refractivity (Wildman–Crippen MR) is 57.6 cm³/mol. The largest absolute Gasteiger partial charge is 0.416 e. The first-order chi connectivity index (χ1) is 7.93. The number of aliphatic hydroxyl groups excluding tert-OH is 1. The molecule has 5 heteroatoms. The Morgan fingerprint density at radius 2 is 1.82 bits per heavy atom. The zero-order valence-electron chi connectivity index (χ0n) is 9.50. The van der Waals surface area contributed by atoms with Crippen LogP contribution in [0.2, 0.25) is 0 Å². The molecule has 1 atom stereocenters. The third-order valence-corrected chi connectivity index (χ3v) is 2.41. The van der Waals surface area contributed by atoms with Crippen LogP contribution in [0.15, 0.2) is 24.3 Å². The van der Waals surface area contributed by atoms with Crippen molar-refractivity contribution in [3.05, 3.63) is 35.4 Å². The van der Waals surface area contributed by atoms with E-state index in [1.54, 1.807) is 0 Å². The van der Waals surface area contributed by atoms with Crippen LogP contribution in [0.1, 0.15) is 17.5 Å². The number of ether oxygens (including phenoxy) is 1. The zero-order chi connectivity index (χ0) is 12.9. The molecule has 0 amide bonds. The molecule has 96 valence electrons. The van der Waals surface area contributed by atoms with Crippen LogP contribution in [-0.4, -0.2) is 24.9 Å². The second-order valence-corrected chi connectivity index (χ2v) is 3.83. The lowest BCUT2D eigenvalue weighted by atomic mass is 10.0. The second kappa shape index (κ2) is 6.02. The quantitative estimate of drug-likeness (QED) is 0.868. The molecular weight excluding hydrogens is 233 g/mol. The number of halogens is 3. The van der Waals surface area contributed by atoms with Crippen LogP contribution >= 0.6 is 0 Å². The molecule has 0 fully saturated rings. The summed E-state index contributed by atoms with van der Waals surface area (Å²) in [5.41, 5.74) is 0.00855. The Morgan fingerprint density at radius 3 is 2.29 bits per heavy atom. The molecular formula is C12H15F3O2. The van der Waals surface area contributed by atoms with Gasteiger partial charge in [0.15, 0.2) is 0 Å². The van der Waals surface area contributed by atoms with Gasteiger partial charge in [-0.2, -0.15) is 13.2 Å². The van der Waals surface area contributed by atoms with E-state index in [-0.39, 0.29) is 0 Å². The zero-order valence-corrected chi connectivity index (χ0v) is 9.50. The fourth-order valence-corrected chi connectivity index (χ4v) is 1.46. The van der Waals surface area contributed by atoms with Gasteiger partial charge in [-0.05, 0) is 30.5 Å². The molecule has 17 heavy (non-hydrogen) atoms. The lowest BCUT2D eigenvalue weighted by Crippen LogP contribution is -2.13. The van der Waals surface area contributed by atoms with Crippen LogP contribution in [0.25, 0.3) is 0 Å². The normalized spacial score (nSPS) is 13.7. The van der Waals surface area contributed by atoms with Crippen molar-refractivity contribution in [1.82, 2.24) is 0 Å². The monoisotopic (exact) mass is 248 g/mol. The maximum Gasteiger partial charge on any atom is 0.416 e. The van der Waals surface area contributed by atoms with Gasteiger partial charge in [-0.1, -0.05) is 12.1 Å². The van der Waals surface area contributed by atoms with Crippen LogP contribution in [0.3, 0.4) is 0 Å². The highest BCUT2D eigenvalue weighted by atomic mass is 19.4. The number of methoxy groups -OCH3 is 1. The van der Waals surface area contributed by atoms with Crippen molar-refractivity contribution in [2.75, 3.05) is 13.7 Å². The lowest BCUT2D eigenvalue weighted by molar-refractivity contribution is -0.137. The highest BCUT2D eigenvalue weighted by Crippen LogP contribution is 2.29. The molecule has 1 N–H and O–H groups in total. The smallest absolute Gasteiger partial charge is 0.393 e. The Kier molecular flexibility index (Phi) is 4.96. The van der Waals surface area contributed by atoms with E-state index >= 15 is 0 Å². The van der Waals surface area contributed by atoms with Crippen molar-refractivity contribution < 1.29 is 23.0 Å². The topological polar surface area (TPSA) is 29.5 Å². The molecule has 0 saturated carbocycles. The minimum Gasteiger partial charge on any atom is -0.393 e. The Bertz CT molecular complexity index is 333. The molecule has 2 nitrogen and oxygen atoms in total. The maximum absolute atomic E-state index is 12.3. The summed E-state index contributed by atoms with van der Waals surface area (Å²) in [5, 5.41) is 9.56. The Balaban J connectivity index is 2.56. The molecule has 0 spiro atoms. The van der Waals surface area contributed by atoms with E-state index in [2.05, 4.69) is 0 Å². The average molecular weight is 248 g/mol. The number of aliphatic hydroxyl groups is 1. The Morgan fingerprint density at radius 1 is 1.24 bits per heavy atom. The van der Waals surface area contributed by atoms with Gasteiger partial charge in [0.25, 0.3) is 0 Å². The van der Waals surface area contributed by atoms with Crippen LogP contribution in [0.5, 0.6) is 0 Å². The standard InChI is InChI=1S/C12H15F3O2/c1-17-7-6-11(16)8-9-2-4-10(5-3-9)12(13,14)15/h2-5,11,16H,6-8H2,1H3. The van der Waals surface area contributed by atoms with Crippen molar-refractivity contribution in [3.8, 4) is 0 Å². The third kappa shape index (κ3) is 4.75. The summed E-state index contributed by atoms with van der Waals surface area (Å²) in [5.74, 6) is 0. The highest BCUT2D eigenvalue weighted by molar-refractivity contribution is 5.24. The van der Waals surface area contributed by atoms with Crippen LogP contribution in [-0.2, 0) is 17.3 Å². The molecule has 0 aliphatic heterocycles. The van der Waals surface area contributed by atoms with Gasteiger partial charge in [-0.3, -0.25) is 0 Å². The number of hydrogen-bond donors (Lipinski definition) is 1. The van der Waals surface area contributed by atoms with E-state index in [0.717, 1.165) is 12.1 Å². The average Bonchev–Trinajstić information content (AvgIpc) is 2.26. The molecule has 1 rings (SSSR count). The van der Waals surface area contributed by atoms with E-state index < -0.39 is 17.8 Å². The minimum absolute atomic E-state index is 0.335. The van der Waals surface area contributed by atoms with Crippen molar-refractivity contribution in [2.45, 2.75) is 25.1 Å². The van der Waals surface area contributed by atoms with Gasteiger partial charge in [0.05, 0.1) is 11.7 Å². The fraction of sp³-hybridized carbons (Fsp3) is 0.500. The van der Waals surface area contributed by atoms with E-state index in [9.17, 15) is 18.3 Å². The summed E-state index contributed by atoms with van der Waals surface area (Å²) in [6.45, 7) is 0.432. The van der Waals surface area contributed by atoms with E-state index in [0.29, 0.717) is 25.0 Å². The fourth-order valence-electron chi connectivity index (χ4n) is 1.46. The van der Waals surface area contributed by atoms with Crippen molar-refractivity contribution in [1.29, 1.82) is 0 Å². The number of benzene rings is 1. The SMILES string of the molecule is COCCC(O)Cc1ccc(C(F)(F)F)cc1. The summed E-state index contributed by atoms with van der Waals surface area (Å²) < 4.78 is 41.7.